The van der Waals surface area contributed by atoms with Gasteiger partial charge in [0.2, 0.25) is 11.8 Å². The highest BCUT2D eigenvalue weighted by molar-refractivity contribution is 6.42. The van der Waals surface area contributed by atoms with Crippen molar-refractivity contribution in [3.8, 4) is 11.5 Å². The average molecular weight is 454 g/mol. The largest absolute Gasteiger partial charge is 0.418 e. The topological polar surface area (TPSA) is 80.0 Å². The Balaban J connectivity index is 1.76. The number of aromatic nitrogens is 2. The maximum atomic E-state index is 12.5. The summed E-state index contributed by atoms with van der Waals surface area (Å²) in [5.74, 6) is 0.748. The van der Waals surface area contributed by atoms with Crippen molar-refractivity contribution >= 4 is 46.5 Å². The molecule has 2 aromatic carbocycles. The third-order valence-electron chi connectivity index (χ3n) is 4.47. The van der Waals surface area contributed by atoms with Gasteiger partial charge in [-0.1, -0.05) is 55.1 Å². The molecule has 1 aromatic heterocycles. The van der Waals surface area contributed by atoms with Crippen molar-refractivity contribution in [3.05, 3.63) is 63.4 Å². The van der Waals surface area contributed by atoms with Gasteiger partial charge in [0.05, 0.1) is 10.0 Å². The molecule has 9 heteroatoms. The van der Waals surface area contributed by atoms with Gasteiger partial charge in [0.15, 0.2) is 0 Å². The Kier molecular flexibility index (Phi) is 7.00. The van der Waals surface area contributed by atoms with Gasteiger partial charge in [-0.05, 0) is 48.4 Å². The molecule has 6 nitrogen and oxygen atoms in total. The molecule has 2 atom stereocenters. The second-order valence-corrected chi connectivity index (χ2v) is 7.79. The monoisotopic (exact) mass is 452 g/mol. The maximum absolute atomic E-state index is 12.5. The molecule has 0 fully saturated rings. The smallest absolute Gasteiger partial charge is 0.319 e. The molecule has 2 amide bonds. The Hall–Kier alpha value is -2.28. The van der Waals surface area contributed by atoms with Crippen LogP contribution in [0.3, 0.4) is 0 Å². The Morgan fingerprint density at radius 3 is 2.45 bits per heavy atom. The zero-order chi connectivity index (χ0) is 21.0. The van der Waals surface area contributed by atoms with E-state index in [1.54, 1.807) is 42.5 Å². The average Bonchev–Trinajstić information content (AvgIpc) is 3.19. The molecule has 0 saturated heterocycles. The molecule has 0 aliphatic carbocycles. The summed E-state index contributed by atoms with van der Waals surface area (Å²) in [7, 11) is 0. The molecule has 0 radical (unpaired) electrons. The number of amides is 2. The second-order valence-electron chi connectivity index (χ2n) is 6.54. The summed E-state index contributed by atoms with van der Waals surface area (Å²) in [5, 5.41) is 15.3. The fourth-order valence-electron chi connectivity index (χ4n) is 2.63. The van der Waals surface area contributed by atoms with E-state index >= 15 is 0 Å². The lowest BCUT2D eigenvalue weighted by atomic mass is 9.99. The highest BCUT2D eigenvalue weighted by Crippen LogP contribution is 2.28. The molecule has 0 aliphatic rings. The van der Waals surface area contributed by atoms with E-state index in [1.165, 1.54) is 0 Å². The lowest BCUT2D eigenvalue weighted by molar-refractivity contribution is 0.237. The highest BCUT2D eigenvalue weighted by Gasteiger charge is 2.26. The Labute approximate surface area is 183 Å². The number of halogens is 3. The molecule has 3 aromatic rings. The number of benzene rings is 2. The molecule has 1 heterocycles. The fraction of sp³-hybridized carbons (Fsp3) is 0.250. The maximum Gasteiger partial charge on any atom is 0.319 e. The molecular formula is C20H19Cl3N4O2. The number of nitrogens with zero attached hydrogens (tertiary/aromatic N) is 2. The minimum atomic E-state index is -0.462. The van der Waals surface area contributed by atoms with Gasteiger partial charge in [-0.2, -0.15) is 0 Å². The van der Waals surface area contributed by atoms with Gasteiger partial charge in [-0.25, -0.2) is 4.79 Å². The van der Waals surface area contributed by atoms with E-state index in [-0.39, 0.29) is 5.92 Å². The zero-order valence-corrected chi connectivity index (χ0v) is 18.0. The van der Waals surface area contributed by atoms with Gasteiger partial charge >= 0.3 is 6.03 Å². The van der Waals surface area contributed by atoms with E-state index < -0.39 is 12.1 Å². The Morgan fingerprint density at radius 1 is 1.07 bits per heavy atom. The van der Waals surface area contributed by atoms with E-state index in [4.69, 9.17) is 39.2 Å². The number of hydrogen-bond acceptors (Lipinski definition) is 4. The minimum absolute atomic E-state index is 0.0630. The van der Waals surface area contributed by atoms with Crippen molar-refractivity contribution in [1.29, 1.82) is 0 Å². The van der Waals surface area contributed by atoms with Gasteiger partial charge < -0.3 is 15.1 Å². The third kappa shape index (κ3) is 5.41. The van der Waals surface area contributed by atoms with Gasteiger partial charge in [-0.15, -0.1) is 10.2 Å². The molecule has 2 N–H and O–H groups in total. The number of anilines is 1. The van der Waals surface area contributed by atoms with Gasteiger partial charge in [0, 0.05) is 16.3 Å². The van der Waals surface area contributed by atoms with Crippen LogP contribution in [0.15, 0.2) is 46.9 Å². The molecule has 152 valence electrons. The summed E-state index contributed by atoms with van der Waals surface area (Å²) >= 11 is 17.8. The summed E-state index contributed by atoms with van der Waals surface area (Å²) in [4.78, 5) is 12.5. The number of hydrogen-bond donors (Lipinski definition) is 2. The zero-order valence-electron chi connectivity index (χ0n) is 15.7. The first-order chi connectivity index (χ1) is 13.9. The summed E-state index contributed by atoms with van der Waals surface area (Å²) in [6.45, 7) is 4.02. The van der Waals surface area contributed by atoms with Crippen molar-refractivity contribution in [2.75, 3.05) is 5.32 Å². The highest BCUT2D eigenvalue weighted by atomic mass is 35.5. The number of nitrogens with one attached hydrogen (secondary N) is 2. The van der Waals surface area contributed by atoms with Crippen LogP contribution in [-0.2, 0) is 0 Å². The van der Waals surface area contributed by atoms with E-state index in [0.717, 1.165) is 12.0 Å². The number of urea groups is 1. The van der Waals surface area contributed by atoms with Crippen molar-refractivity contribution in [1.82, 2.24) is 15.5 Å². The SMILES string of the molecule is CCC(C)C(NC(=O)Nc1ccc(Cl)c(Cl)c1)c1nnc(-c2ccc(Cl)cc2)o1. The number of carbonyl (C=O) groups excluding carboxylic acids is 1. The lowest BCUT2D eigenvalue weighted by Crippen LogP contribution is -2.36. The normalized spacial score (nSPS) is 13.0. The van der Waals surface area contributed by atoms with Crippen LogP contribution in [0.2, 0.25) is 15.1 Å². The van der Waals surface area contributed by atoms with Crippen LogP contribution >= 0.6 is 34.8 Å². The van der Waals surface area contributed by atoms with E-state index in [0.29, 0.717) is 32.5 Å². The summed E-state index contributed by atoms with van der Waals surface area (Å²) in [6, 6.07) is 11.1. The van der Waals surface area contributed by atoms with Crippen LogP contribution in [0.1, 0.15) is 32.2 Å². The van der Waals surface area contributed by atoms with Crippen molar-refractivity contribution < 1.29 is 9.21 Å². The molecule has 29 heavy (non-hydrogen) atoms. The minimum Gasteiger partial charge on any atom is -0.418 e. The van der Waals surface area contributed by atoms with Gasteiger partial charge in [-0.3, -0.25) is 0 Å². The summed E-state index contributed by atoms with van der Waals surface area (Å²) in [6.07, 6.45) is 0.802. The van der Waals surface area contributed by atoms with Crippen molar-refractivity contribution in [2.24, 2.45) is 5.92 Å². The van der Waals surface area contributed by atoms with E-state index in [2.05, 4.69) is 20.8 Å². The predicted molar refractivity (Wildman–Crippen MR) is 116 cm³/mol. The van der Waals surface area contributed by atoms with Crippen LogP contribution in [0.25, 0.3) is 11.5 Å². The van der Waals surface area contributed by atoms with Crippen LogP contribution in [-0.4, -0.2) is 16.2 Å². The standard InChI is InChI=1S/C20H19Cl3N4O2/c1-3-11(2)17(25-20(28)24-14-8-9-15(22)16(23)10-14)19-27-26-18(29-19)12-4-6-13(21)7-5-12/h4-11,17H,3H2,1-2H3,(H2,24,25,28). The quantitative estimate of drug-likeness (QED) is 0.440. The van der Waals surface area contributed by atoms with Crippen LogP contribution in [0, 0.1) is 5.92 Å². The van der Waals surface area contributed by atoms with Gasteiger partial charge in [0.25, 0.3) is 0 Å². The van der Waals surface area contributed by atoms with E-state index in [9.17, 15) is 4.79 Å². The third-order valence-corrected chi connectivity index (χ3v) is 5.47. The fourth-order valence-corrected chi connectivity index (χ4v) is 3.06. The number of rotatable bonds is 6. The molecule has 0 spiro atoms. The molecule has 2 unspecified atom stereocenters. The predicted octanol–water partition coefficient (Wildman–Crippen LogP) is 6.61. The molecule has 0 bridgehead atoms. The first-order valence-electron chi connectivity index (χ1n) is 8.99. The van der Waals surface area contributed by atoms with Crippen molar-refractivity contribution in [3.63, 3.8) is 0 Å². The van der Waals surface area contributed by atoms with Crippen molar-refractivity contribution in [2.45, 2.75) is 26.3 Å². The molecule has 0 saturated carbocycles. The molecular weight excluding hydrogens is 435 g/mol. The van der Waals surface area contributed by atoms with Crippen LogP contribution in [0.4, 0.5) is 10.5 Å². The summed E-state index contributed by atoms with van der Waals surface area (Å²) in [5.41, 5.74) is 1.27. The molecule has 3 rings (SSSR count). The first kappa shape index (κ1) is 21.4. The second kappa shape index (κ2) is 9.48. The Bertz CT molecular complexity index is 992. The molecule has 0 aliphatic heterocycles. The Morgan fingerprint density at radius 2 is 1.79 bits per heavy atom. The van der Waals surface area contributed by atoms with Crippen LogP contribution in [0.5, 0.6) is 0 Å². The van der Waals surface area contributed by atoms with Gasteiger partial charge in [0.1, 0.15) is 6.04 Å². The summed E-state index contributed by atoms with van der Waals surface area (Å²) < 4.78 is 5.83. The first-order valence-corrected chi connectivity index (χ1v) is 10.1. The van der Waals surface area contributed by atoms with E-state index in [1.807, 2.05) is 13.8 Å². The number of carbonyl (C=O) groups is 1. The van der Waals surface area contributed by atoms with Crippen LogP contribution < -0.4 is 10.6 Å². The lowest BCUT2D eigenvalue weighted by Gasteiger charge is -2.21.